The van der Waals surface area contributed by atoms with Crippen LogP contribution in [0.2, 0.25) is 0 Å². The van der Waals surface area contributed by atoms with Gasteiger partial charge in [-0.1, -0.05) is 42.5 Å². The number of rotatable bonds is 2. The fraction of sp³-hybridized carbons (Fsp3) is 0.320. The van der Waals surface area contributed by atoms with Crippen molar-refractivity contribution in [1.29, 1.82) is 5.26 Å². The third-order valence-electron chi connectivity index (χ3n) is 5.55. The van der Waals surface area contributed by atoms with Gasteiger partial charge in [-0.05, 0) is 55.0 Å². The Bertz CT molecular complexity index is 1050. The minimum atomic E-state index is -0.899. The zero-order chi connectivity index (χ0) is 22.4. The lowest BCUT2D eigenvalue weighted by atomic mass is 10.0. The fourth-order valence-electron chi connectivity index (χ4n) is 3.55. The van der Waals surface area contributed by atoms with E-state index in [1.54, 1.807) is 6.07 Å². The first-order chi connectivity index (χ1) is 15.6. The van der Waals surface area contributed by atoms with Crippen molar-refractivity contribution in [2.24, 2.45) is 0 Å². The van der Waals surface area contributed by atoms with Crippen LogP contribution in [0.4, 0.5) is 4.79 Å². The summed E-state index contributed by atoms with van der Waals surface area (Å²) in [6.07, 6.45) is 5.33. The maximum atomic E-state index is 13.1. The molecule has 0 saturated heterocycles. The van der Waals surface area contributed by atoms with Crippen LogP contribution in [-0.2, 0) is 17.6 Å². The molecule has 164 valence electrons. The number of nitriles is 1. The van der Waals surface area contributed by atoms with Gasteiger partial charge < -0.3 is 20.1 Å². The number of carbonyl (C=O) groups excluding carboxylic acids is 2. The molecular formula is C25H25N3O4. The summed E-state index contributed by atoms with van der Waals surface area (Å²) in [5.74, 6) is 0.427. The number of ether oxygens (including phenoxy) is 2. The van der Waals surface area contributed by atoms with E-state index < -0.39 is 17.9 Å². The number of fused-ring (bicyclic) bond motifs is 9. The molecule has 1 saturated carbocycles. The zero-order valence-corrected chi connectivity index (χ0v) is 17.7. The van der Waals surface area contributed by atoms with Gasteiger partial charge in [0.15, 0.2) is 6.23 Å². The van der Waals surface area contributed by atoms with Crippen molar-refractivity contribution in [1.82, 2.24) is 10.6 Å². The maximum Gasteiger partial charge on any atom is 0.410 e. The Morgan fingerprint density at radius 3 is 2.69 bits per heavy atom. The lowest BCUT2D eigenvalue weighted by Gasteiger charge is -2.21. The van der Waals surface area contributed by atoms with E-state index in [1.165, 1.54) is 0 Å². The average Bonchev–Trinajstić information content (AvgIpc) is 3.56. The van der Waals surface area contributed by atoms with Gasteiger partial charge in [-0.3, -0.25) is 4.79 Å². The van der Waals surface area contributed by atoms with Crippen LogP contribution in [0.3, 0.4) is 0 Å². The number of aryl methyl sites for hydroxylation is 1. The first-order valence-corrected chi connectivity index (χ1v) is 10.7. The topological polar surface area (TPSA) is 100 Å². The van der Waals surface area contributed by atoms with Gasteiger partial charge in [0.1, 0.15) is 17.9 Å². The van der Waals surface area contributed by atoms with Gasteiger partial charge in [-0.2, -0.15) is 5.26 Å². The molecule has 0 unspecified atom stereocenters. The van der Waals surface area contributed by atoms with Crippen LogP contribution >= 0.6 is 0 Å². The number of hydrogen-bond acceptors (Lipinski definition) is 5. The van der Waals surface area contributed by atoms with Crippen molar-refractivity contribution in [3.63, 3.8) is 0 Å². The molecule has 5 rings (SSSR count). The van der Waals surface area contributed by atoms with Crippen molar-refractivity contribution in [3.8, 4) is 11.8 Å². The van der Waals surface area contributed by atoms with Crippen LogP contribution in [0.5, 0.6) is 5.75 Å². The summed E-state index contributed by atoms with van der Waals surface area (Å²) >= 11 is 0. The summed E-state index contributed by atoms with van der Waals surface area (Å²) in [6, 6.07) is 16.9. The Hall–Kier alpha value is -3.79. The van der Waals surface area contributed by atoms with Crippen molar-refractivity contribution in [3.05, 3.63) is 77.4 Å². The Morgan fingerprint density at radius 1 is 1.16 bits per heavy atom. The molecule has 2 aromatic rings. The number of hydrogen-bond donors (Lipinski definition) is 2. The Kier molecular flexibility index (Phi) is 6.41. The standard InChI is InChI=1S/C25H25N3O4/c26-17-25(13-14-25)28-24(30)32-22-16-18-9-11-20(12-10-18)31-15-5-1-2-6-19-7-3-4-8-21(19)23(29)27-22/h1,3-5,7-12,22H,2,6,13-16H2,(H,27,29)(H,28,30)/b5-1+/t22-/m0/s1. The van der Waals surface area contributed by atoms with Crippen molar-refractivity contribution < 1.29 is 19.1 Å². The quantitative estimate of drug-likeness (QED) is 0.707. The van der Waals surface area contributed by atoms with E-state index >= 15 is 0 Å². The monoisotopic (exact) mass is 431 g/mol. The highest BCUT2D eigenvalue weighted by Crippen LogP contribution is 2.34. The van der Waals surface area contributed by atoms with Crippen molar-refractivity contribution in [2.75, 3.05) is 6.61 Å². The number of nitrogens with one attached hydrogen (secondary N) is 2. The van der Waals surface area contributed by atoms with E-state index in [9.17, 15) is 14.9 Å². The number of carbonyl (C=O) groups is 2. The van der Waals surface area contributed by atoms with Gasteiger partial charge in [-0.25, -0.2) is 4.79 Å². The molecule has 0 spiro atoms. The Balaban J connectivity index is 1.57. The van der Waals surface area contributed by atoms with E-state index in [1.807, 2.05) is 54.6 Å². The van der Waals surface area contributed by atoms with Crippen LogP contribution in [0, 0.1) is 11.3 Å². The summed E-state index contributed by atoms with van der Waals surface area (Å²) in [7, 11) is 0. The first-order valence-electron chi connectivity index (χ1n) is 10.7. The maximum absolute atomic E-state index is 13.1. The second-order valence-corrected chi connectivity index (χ2v) is 8.01. The van der Waals surface area contributed by atoms with E-state index in [0.29, 0.717) is 31.4 Å². The second-order valence-electron chi connectivity index (χ2n) is 8.01. The third kappa shape index (κ3) is 5.46. The lowest BCUT2D eigenvalue weighted by Crippen LogP contribution is -2.45. The molecule has 2 N–H and O–H groups in total. The van der Waals surface area contributed by atoms with Gasteiger partial charge >= 0.3 is 6.09 Å². The highest BCUT2D eigenvalue weighted by Gasteiger charge is 2.45. The molecule has 7 nitrogen and oxygen atoms in total. The number of allylic oxidation sites excluding steroid dienone is 1. The zero-order valence-electron chi connectivity index (χ0n) is 17.7. The molecule has 2 bridgehead atoms. The van der Waals surface area contributed by atoms with E-state index in [-0.39, 0.29) is 12.3 Å². The molecule has 1 aliphatic carbocycles. The average molecular weight is 431 g/mol. The second kappa shape index (κ2) is 9.56. The minimum absolute atomic E-state index is 0.279. The fourth-order valence-corrected chi connectivity index (χ4v) is 3.55. The summed E-state index contributed by atoms with van der Waals surface area (Å²) in [5, 5.41) is 14.7. The smallest absolute Gasteiger partial charge is 0.410 e. The molecule has 1 atom stereocenters. The van der Waals surface area contributed by atoms with Crippen LogP contribution in [0.15, 0.2) is 60.7 Å². The molecule has 2 aliphatic heterocycles. The van der Waals surface area contributed by atoms with Crippen LogP contribution in [0.25, 0.3) is 0 Å². The van der Waals surface area contributed by atoms with E-state index in [0.717, 1.165) is 23.3 Å². The summed E-state index contributed by atoms with van der Waals surface area (Å²) < 4.78 is 11.3. The van der Waals surface area contributed by atoms with Gasteiger partial charge in [0.05, 0.1) is 6.07 Å². The SMILES string of the molecule is N#CC1(NC(=O)O[C@H]2Cc3ccc(cc3)OC/C=C/CCc3ccccc3C(=O)N2)CC1. The predicted octanol–water partition coefficient (Wildman–Crippen LogP) is 3.65. The molecule has 3 aliphatic rings. The highest BCUT2D eigenvalue weighted by molar-refractivity contribution is 5.96. The van der Waals surface area contributed by atoms with Crippen molar-refractivity contribution in [2.45, 2.75) is 43.9 Å². The molecule has 1 fully saturated rings. The molecule has 2 aromatic carbocycles. The molecule has 2 amide bonds. The van der Waals surface area contributed by atoms with Crippen LogP contribution in [0.1, 0.15) is 40.7 Å². The Labute approximate surface area is 187 Å². The predicted molar refractivity (Wildman–Crippen MR) is 118 cm³/mol. The molecule has 0 aromatic heterocycles. The van der Waals surface area contributed by atoms with Crippen LogP contribution in [-0.4, -0.2) is 30.4 Å². The highest BCUT2D eigenvalue weighted by atomic mass is 16.6. The molecule has 0 radical (unpaired) electrons. The van der Waals surface area contributed by atoms with E-state index in [4.69, 9.17) is 9.47 Å². The summed E-state index contributed by atoms with van der Waals surface area (Å²) in [5.41, 5.74) is 1.48. The van der Waals surface area contributed by atoms with Gasteiger partial charge in [0.25, 0.3) is 5.91 Å². The summed E-state index contributed by atoms with van der Waals surface area (Å²) in [6.45, 7) is 0.466. The summed E-state index contributed by atoms with van der Waals surface area (Å²) in [4.78, 5) is 25.5. The number of benzene rings is 2. The largest absolute Gasteiger partial charge is 0.490 e. The van der Waals surface area contributed by atoms with E-state index in [2.05, 4.69) is 16.7 Å². The van der Waals surface area contributed by atoms with Gasteiger partial charge in [0.2, 0.25) is 0 Å². The molecule has 32 heavy (non-hydrogen) atoms. The minimum Gasteiger partial charge on any atom is -0.490 e. The van der Waals surface area contributed by atoms with Crippen molar-refractivity contribution >= 4 is 12.0 Å². The van der Waals surface area contributed by atoms with Gasteiger partial charge in [0, 0.05) is 12.0 Å². The molecule has 2 heterocycles. The van der Waals surface area contributed by atoms with Crippen LogP contribution < -0.4 is 15.4 Å². The number of nitrogens with zero attached hydrogens (tertiary/aromatic N) is 1. The molecule has 7 heteroatoms. The third-order valence-corrected chi connectivity index (χ3v) is 5.55. The lowest BCUT2D eigenvalue weighted by molar-refractivity contribution is 0.0623. The van der Waals surface area contributed by atoms with Gasteiger partial charge in [-0.15, -0.1) is 0 Å². The number of alkyl carbamates (subject to hydrolysis) is 1. The Morgan fingerprint density at radius 2 is 1.94 bits per heavy atom. The normalized spacial score (nSPS) is 20.6. The first kappa shape index (κ1) is 21.4. The molecular weight excluding hydrogens is 406 g/mol. The number of amides is 2.